The molecule has 1 saturated heterocycles. The van der Waals surface area contributed by atoms with Crippen LogP contribution in [0.4, 0.5) is 0 Å². The maximum Gasteiger partial charge on any atom is 0.229 e. The first-order valence-electron chi connectivity index (χ1n) is 7.14. The first-order chi connectivity index (χ1) is 8.45. The molecule has 18 heavy (non-hydrogen) atoms. The Balaban J connectivity index is 1.95. The van der Waals surface area contributed by atoms with Crippen LogP contribution in [0.5, 0.6) is 0 Å². The third-order valence-electron chi connectivity index (χ3n) is 4.53. The minimum atomic E-state index is -0.636. The largest absolute Gasteiger partial charge is 0.388 e. The van der Waals surface area contributed by atoms with Crippen molar-refractivity contribution in [1.29, 1.82) is 0 Å². The van der Waals surface area contributed by atoms with Crippen LogP contribution in [0.3, 0.4) is 0 Å². The van der Waals surface area contributed by atoms with E-state index in [2.05, 4.69) is 5.32 Å². The number of amides is 1. The standard InChI is InChI=1S/C14H26N2O2/c1-13(6-5-9-15-10-13)12(17)16(2)11-14(18)7-3-4-8-14/h15,18H,3-11H2,1-2H3. The molecule has 1 atom stereocenters. The van der Waals surface area contributed by atoms with Crippen molar-refractivity contribution >= 4 is 5.91 Å². The number of hydrogen-bond acceptors (Lipinski definition) is 3. The molecule has 1 amide bonds. The van der Waals surface area contributed by atoms with Gasteiger partial charge in [0.15, 0.2) is 0 Å². The summed E-state index contributed by atoms with van der Waals surface area (Å²) in [6.45, 7) is 4.29. The molecule has 4 heteroatoms. The number of aliphatic hydroxyl groups is 1. The van der Waals surface area contributed by atoms with Crippen molar-refractivity contribution in [2.75, 3.05) is 26.7 Å². The number of piperidine rings is 1. The lowest BCUT2D eigenvalue weighted by Gasteiger charge is -2.38. The lowest BCUT2D eigenvalue weighted by Crippen LogP contribution is -2.52. The second kappa shape index (κ2) is 5.17. The average Bonchev–Trinajstić information content (AvgIpc) is 2.75. The van der Waals surface area contributed by atoms with Gasteiger partial charge in [0.1, 0.15) is 0 Å². The molecule has 1 unspecified atom stereocenters. The van der Waals surface area contributed by atoms with Crippen LogP contribution in [-0.2, 0) is 4.79 Å². The number of likely N-dealkylation sites (N-methyl/N-ethyl adjacent to an activating group) is 1. The SMILES string of the molecule is CN(CC1(O)CCCC1)C(=O)C1(C)CCCNC1. The summed E-state index contributed by atoms with van der Waals surface area (Å²) in [6, 6.07) is 0. The maximum atomic E-state index is 12.5. The molecular weight excluding hydrogens is 228 g/mol. The third-order valence-corrected chi connectivity index (χ3v) is 4.53. The fourth-order valence-corrected chi connectivity index (χ4v) is 3.40. The minimum Gasteiger partial charge on any atom is -0.388 e. The molecule has 2 rings (SSSR count). The van der Waals surface area contributed by atoms with E-state index in [0.717, 1.165) is 51.6 Å². The number of carbonyl (C=O) groups excluding carboxylic acids is 1. The van der Waals surface area contributed by atoms with Gasteiger partial charge in [-0.2, -0.15) is 0 Å². The molecule has 2 fully saturated rings. The van der Waals surface area contributed by atoms with Crippen LogP contribution in [0.2, 0.25) is 0 Å². The summed E-state index contributed by atoms with van der Waals surface area (Å²) in [6.07, 6.45) is 5.83. The predicted molar refractivity (Wildman–Crippen MR) is 71.3 cm³/mol. The Morgan fingerprint density at radius 1 is 1.28 bits per heavy atom. The van der Waals surface area contributed by atoms with Crippen LogP contribution in [0, 0.1) is 5.41 Å². The molecule has 4 nitrogen and oxygen atoms in total. The first-order valence-corrected chi connectivity index (χ1v) is 7.14. The highest BCUT2D eigenvalue weighted by atomic mass is 16.3. The number of nitrogens with zero attached hydrogens (tertiary/aromatic N) is 1. The van der Waals surface area contributed by atoms with E-state index in [1.807, 2.05) is 14.0 Å². The minimum absolute atomic E-state index is 0.176. The van der Waals surface area contributed by atoms with E-state index < -0.39 is 5.60 Å². The average molecular weight is 254 g/mol. The molecule has 0 aromatic heterocycles. The summed E-state index contributed by atoms with van der Waals surface area (Å²) in [4.78, 5) is 14.3. The van der Waals surface area contributed by atoms with Gasteiger partial charge in [-0.1, -0.05) is 12.8 Å². The second-order valence-electron chi connectivity index (χ2n) is 6.43. The monoisotopic (exact) mass is 254 g/mol. The van der Waals surface area contributed by atoms with E-state index in [9.17, 15) is 9.90 Å². The van der Waals surface area contributed by atoms with Crippen LogP contribution >= 0.6 is 0 Å². The van der Waals surface area contributed by atoms with E-state index in [1.165, 1.54) is 0 Å². The van der Waals surface area contributed by atoms with Crippen LogP contribution in [0.25, 0.3) is 0 Å². The molecule has 2 N–H and O–H groups in total. The molecule has 0 aromatic rings. The highest BCUT2D eigenvalue weighted by Gasteiger charge is 2.40. The summed E-state index contributed by atoms with van der Waals surface area (Å²) in [5.74, 6) is 0.176. The molecule has 1 aliphatic carbocycles. The highest BCUT2D eigenvalue weighted by molar-refractivity contribution is 5.82. The van der Waals surface area contributed by atoms with Gasteiger partial charge in [-0.25, -0.2) is 0 Å². The zero-order valence-corrected chi connectivity index (χ0v) is 11.7. The van der Waals surface area contributed by atoms with E-state index in [1.54, 1.807) is 4.90 Å². The van der Waals surface area contributed by atoms with Crippen molar-refractivity contribution in [3.8, 4) is 0 Å². The zero-order chi connectivity index (χ0) is 13.2. The van der Waals surface area contributed by atoms with E-state index in [4.69, 9.17) is 0 Å². The van der Waals surface area contributed by atoms with E-state index in [0.29, 0.717) is 6.54 Å². The molecule has 1 aliphatic heterocycles. The molecule has 1 heterocycles. The fourth-order valence-electron chi connectivity index (χ4n) is 3.40. The van der Waals surface area contributed by atoms with E-state index >= 15 is 0 Å². The van der Waals surface area contributed by atoms with Gasteiger partial charge < -0.3 is 15.3 Å². The smallest absolute Gasteiger partial charge is 0.229 e. The fraction of sp³-hybridized carbons (Fsp3) is 0.929. The van der Waals surface area contributed by atoms with Gasteiger partial charge in [0, 0.05) is 20.1 Å². The molecule has 2 aliphatic rings. The molecule has 1 saturated carbocycles. The summed E-state index contributed by atoms with van der Waals surface area (Å²) >= 11 is 0. The lowest BCUT2D eigenvalue weighted by atomic mass is 9.81. The Morgan fingerprint density at radius 2 is 1.94 bits per heavy atom. The molecule has 0 aromatic carbocycles. The second-order valence-corrected chi connectivity index (χ2v) is 6.43. The van der Waals surface area contributed by atoms with Crippen LogP contribution in [0.15, 0.2) is 0 Å². The van der Waals surface area contributed by atoms with Crippen molar-refractivity contribution < 1.29 is 9.90 Å². The van der Waals surface area contributed by atoms with Gasteiger partial charge in [0.25, 0.3) is 0 Å². The summed E-state index contributed by atoms with van der Waals surface area (Å²) in [7, 11) is 1.83. The van der Waals surface area contributed by atoms with Gasteiger partial charge in [0.2, 0.25) is 5.91 Å². The van der Waals surface area contributed by atoms with Gasteiger partial charge in [-0.05, 0) is 39.2 Å². The topological polar surface area (TPSA) is 52.6 Å². The molecule has 0 spiro atoms. The lowest BCUT2D eigenvalue weighted by molar-refractivity contribution is -0.144. The van der Waals surface area contributed by atoms with Gasteiger partial charge in [-0.3, -0.25) is 4.79 Å². The van der Waals surface area contributed by atoms with Crippen LogP contribution in [-0.4, -0.2) is 48.2 Å². The molecule has 104 valence electrons. The van der Waals surface area contributed by atoms with Gasteiger partial charge >= 0.3 is 0 Å². The summed E-state index contributed by atoms with van der Waals surface area (Å²) in [5, 5.41) is 13.7. The molecule has 0 bridgehead atoms. The highest BCUT2D eigenvalue weighted by Crippen LogP contribution is 2.32. The normalized spacial score (nSPS) is 31.3. The maximum absolute atomic E-state index is 12.5. The molecular formula is C14H26N2O2. The molecule has 0 radical (unpaired) electrons. The van der Waals surface area contributed by atoms with Crippen molar-refractivity contribution in [3.05, 3.63) is 0 Å². The van der Waals surface area contributed by atoms with Gasteiger partial charge in [0.05, 0.1) is 11.0 Å². The number of nitrogens with one attached hydrogen (secondary N) is 1. The quantitative estimate of drug-likeness (QED) is 0.794. The Hall–Kier alpha value is -0.610. The van der Waals surface area contributed by atoms with Crippen molar-refractivity contribution in [1.82, 2.24) is 10.2 Å². The predicted octanol–water partition coefficient (Wildman–Crippen LogP) is 1.14. The zero-order valence-electron chi connectivity index (χ0n) is 11.7. The summed E-state index contributed by atoms with van der Waals surface area (Å²) in [5.41, 5.74) is -0.926. The Bertz CT molecular complexity index is 305. The van der Waals surface area contributed by atoms with Crippen LogP contribution < -0.4 is 5.32 Å². The summed E-state index contributed by atoms with van der Waals surface area (Å²) < 4.78 is 0. The Morgan fingerprint density at radius 3 is 2.50 bits per heavy atom. The first kappa shape index (κ1) is 13.8. The number of hydrogen-bond donors (Lipinski definition) is 2. The van der Waals surface area contributed by atoms with Crippen LogP contribution in [0.1, 0.15) is 45.4 Å². The van der Waals surface area contributed by atoms with Crippen molar-refractivity contribution in [2.24, 2.45) is 5.41 Å². The number of carbonyl (C=O) groups is 1. The van der Waals surface area contributed by atoms with Crippen molar-refractivity contribution in [3.63, 3.8) is 0 Å². The van der Waals surface area contributed by atoms with Crippen molar-refractivity contribution in [2.45, 2.75) is 51.0 Å². The Kier molecular flexibility index (Phi) is 3.97. The van der Waals surface area contributed by atoms with Gasteiger partial charge in [-0.15, -0.1) is 0 Å². The Labute approximate surface area is 110 Å². The third kappa shape index (κ3) is 2.86. The number of rotatable bonds is 3. The van der Waals surface area contributed by atoms with E-state index in [-0.39, 0.29) is 11.3 Å².